The van der Waals surface area contributed by atoms with Crippen LogP contribution in [-0.4, -0.2) is 22.8 Å². The van der Waals surface area contributed by atoms with Crippen LogP contribution in [-0.2, 0) is 4.74 Å². The van der Waals surface area contributed by atoms with Gasteiger partial charge in [-0.25, -0.2) is 4.39 Å². The van der Waals surface area contributed by atoms with Crippen LogP contribution in [0.4, 0.5) is 4.39 Å². The minimum Gasteiger partial charge on any atom is -0.388 e. The van der Waals surface area contributed by atoms with Crippen molar-refractivity contribution in [3.8, 4) is 0 Å². The third-order valence-electron chi connectivity index (χ3n) is 2.87. The molecule has 0 saturated carbocycles. The van der Waals surface area contributed by atoms with E-state index in [1.54, 1.807) is 0 Å². The molecule has 0 aliphatic carbocycles. The van der Waals surface area contributed by atoms with E-state index in [9.17, 15) is 9.50 Å². The number of hydrogen-bond donors (Lipinski definition) is 1. The van der Waals surface area contributed by atoms with Crippen LogP contribution in [0.25, 0.3) is 0 Å². The molecule has 0 amide bonds. The molecule has 0 spiro atoms. The third kappa shape index (κ3) is 3.00. The number of halogens is 1. The van der Waals surface area contributed by atoms with Gasteiger partial charge in [-0.05, 0) is 25.3 Å². The molecule has 2 heterocycles. The van der Waals surface area contributed by atoms with Gasteiger partial charge >= 0.3 is 0 Å². The summed E-state index contributed by atoms with van der Waals surface area (Å²) in [5.74, 6) is -0.416. The first-order chi connectivity index (χ1) is 7.75. The predicted octanol–water partition coefficient (Wildman–Crippen LogP) is 2.21. The minimum absolute atomic E-state index is 0.0898. The fourth-order valence-electron chi connectivity index (χ4n) is 1.99. The van der Waals surface area contributed by atoms with Gasteiger partial charge in [0.25, 0.3) is 0 Å². The number of pyridine rings is 1. The summed E-state index contributed by atoms with van der Waals surface area (Å²) in [5, 5.41) is 9.91. The molecule has 1 aliphatic heterocycles. The second kappa shape index (κ2) is 5.37. The molecule has 4 heteroatoms. The second-order valence-electron chi connectivity index (χ2n) is 4.18. The van der Waals surface area contributed by atoms with Crippen molar-refractivity contribution in [3.63, 3.8) is 0 Å². The Balaban J connectivity index is 1.94. The molecule has 2 rings (SSSR count). The van der Waals surface area contributed by atoms with Crippen LogP contribution >= 0.6 is 0 Å². The normalized spacial score (nSPS) is 23.0. The Morgan fingerprint density at radius 1 is 1.50 bits per heavy atom. The summed E-state index contributed by atoms with van der Waals surface area (Å²) in [5.41, 5.74) is 0.522. The number of aliphatic hydroxyl groups is 1. The maximum absolute atomic E-state index is 12.9. The Morgan fingerprint density at radius 2 is 2.38 bits per heavy atom. The van der Waals surface area contributed by atoms with E-state index in [1.165, 1.54) is 12.3 Å². The Hall–Kier alpha value is -1.00. The highest BCUT2D eigenvalue weighted by Crippen LogP contribution is 2.24. The topological polar surface area (TPSA) is 42.4 Å². The van der Waals surface area contributed by atoms with Gasteiger partial charge in [0.2, 0.25) is 0 Å². The van der Waals surface area contributed by atoms with Crippen LogP contribution in [0.15, 0.2) is 18.5 Å². The van der Waals surface area contributed by atoms with Gasteiger partial charge in [0, 0.05) is 24.8 Å². The lowest BCUT2D eigenvalue weighted by Gasteiger charge is -2.24. The molecule has 1 aliphatic rings. The molecule has 3 nitrogen and oxygen atoms in total. The number of aromatic nitrogens is 1. The molecule has 0 radical (unpaired) electrons. The molecular weight excluding hydrogens is 209 g/mol. The van der Waals surface area contributed by atoms with Gasteiger partial charge in [-0.1, -0.05) is 0 Å². The van der Waals surface area contributed by atoms with Gasteiger partial charge in [-0.15, -0.1) is 0 Å². The molecule has 88 valence electrons. The lowest BCUT2D eigenvalue weighted by atomic mass is 10.00. The standard InChI is InChI=1S/C12H16FNO2/c13-10-5-9(7-14-8-10)12(15)6-11-3-1-2-4-16-11/h5,7-8,11-12,15H,1-4,6H2. The van der Waals surface area contributed by atoms with Crippen molar-refractivity contribution >= 4 is 0 Å². The number of hydrogen-bond acceptors (Lipinski definition) is 3. The van der Waals surface area contributed by atoms with E-state index in [-0.39, 0.29) is 6.10 Å². The van der Waals surface area contributed by atoms with Crippen molar-refractivity contribution in [2.24, 2.45) is 0 Å². The Kier molecular flexibility index (Phi) is 3.85. The maximum atomic E-state index is 12.9. The van der Waals surface area contributed by atoms with Crippen LogP contribution in [0.5, 0.6) is 0 Å². The number of nitrogens with zero attached hydrogens (tertiary/aromatic N) is 1. The lowest BCUT2D eigenvalue weighted by molar-refractivity contribution is -0.0156. The molecule has 1 saturated heterocycles. The smallest absolute Gasteiger partial charge is 0.141 e. The van der Waals surface area contributed by atoms with E-state index in [2.05, 4.69) is 4.98 Å². The summed E-state index contributed by atoms with van der Waals surface area (Å²) in [6.45, 7) is 0.763. The molecule has 1 aromatic rings. The number of aliphatic hydroxyl groups excluding tert-OH is 1. The van der Waals surface area contributed by atoms with Crippen LogP contribution in [0.1, 0.15) is 37.4 Å². The summed E-state index contributed by atoms with van der Waals surface area (Å²) >= 11 is 0. The molecule has 1 aromatic heterocycles. The fraction of sp³-hybridized carbons (Fsp3) is 0.583. The zero-order valence-corrected chi connectivity index (χ0v) is 9.10. The van der Waals surface area contributed by atoms with Crippen molar-refractivity contribution in [1.82, 2.24) is 4.98 Å². The maximum Gasteiger partial charge on any atom is 0.141 e. The Labute approximate surface area is 94.3 Å². The van der Waals surface area contributed by atoms with E-state index >= 15 is 0 Å². The first kappa shape index (κ1) is 11.5. The molecule has 1 N–H and O–H groups in total. The van der Waals surface area contributed by atoms with E-state index in [1.807, 2.05) is 0 Å². The van der Waals surface area contributed by atoms with Crippen LogP contribution < -0.4 is 0 Å². The summed E-state index contributed by atoms with van der Waals surface area (Å²) in [6.07, 6.45) is 5.75. The third-order valence-corrected chi connectivity index (χ3v) is 2.87. The van der Waals surface area contributed by atoms with Crippen molar-refractivity contribution < 1.29 is 14.2 Å². The van der Waals surface area contributed by atoms with E-state index in [0.29, 0.717) is 12.0 Å². The lowest BCUT2D eigenvalue weighted by Crippen LogP contribution is -2.21. The zero-order chi connectivity index (χ0) is 11.4. The van der Waals surface area contributed by atoms with E-state index < -0.39 is 11.9 Å². The average molecular weight is 225 g/mol. The summed E-state index contributed by atoms with van der Waals surface area (Å²) in [6, 6.07) is 1.32. The largest absolute Gasteiger partial charge is 0.388 e. The summed E-state index contributed by atoms with van der Waals surface area (Å²) in [4.78, 5) is 3.72. The Morgan fingerprint density at radius 3 is 3.06 bits per heavy atom. The van der Waals surface area contributed by atoms with Gasteiger partial charge in [-0.3, -0.25) is 4.98 Å². The summed E-state index contributed by atoms with van der Waals surface area (Å²) in [7, 11) is 0. The van der Waals surface area contributed by atoms with Crippen molar-refractivity contribution in [1.29, 1.82) is 0 Å². The van der Waals surface area contributed by atoms with Gasteiger partial charge < -0.3 is 9.84 Å². The molecule has 1 fully saturated rings. The van der Waals surface area contributed by atoms with Crippen molar-refractivity contribution in [2.75, 3.05) is 6.61 Å². The Bertz CT molecular complexity index is 340. The second-order valence-corrected chi connectivity index (χ2v) is 4.18. The number of rotatable bonds is 3. The highest BCUT2D eigenvalue weighted by molar-refractivity contribution is 5.13. The predicted molar refractivity (Wildman–Crippen MR) is 57.4 cm³/mol. The van der Waals surface area contributed by atoms with Gasteiger partial charge in [-0.2, -0.15) is 0 Å². The molecule has 16 heavy (non-hydrogen) atoms. The van der Waals surface area contributed by atoms with Gasteiger partial charge in [0.15, 0.2) is 0 Å². The molecule has 2 atom stereocenters. The SMILES string of the molecule is OC(CC1CCCCO1)c1cncc(F)c1. The molecule has 0 aromatic carbocycles. The van der Waals surface area contributed by atoms with Gasteiger partial charge in [0.05, 0.1) is 18.4 Å². The van der Waals surface area contributed by atoms with E-state index in [0.717, 1.165) is 32.1 Å². The molecule has 0 bridgehead atoms. The van der Waals surface area contributed by atoms with Crippen molar-refractivity contribution in [3.05, 3.63) is 29.8 Å². The molecule has 2 unspecified atom stereocenters. The average Bonchev–Trinajstić information content (AvgIpc) is 2.30. The monoisotopic (exact) mass is 225 g/mol. The first-order valence-electron chi connectivity index (χ1n) is 5.66. The fourth-order valence-corrected chi connectivity index (χ4v) is 1.99. The van der Waals surface area contributed by atoms with Crippen molar-refractivity contribution in [2.45, 2.75) is 37.9 Å². The van der Waals surface area contributed by atoms with Crippen LogP contribution in [0.3, 0.4) is 0 Å². The molecular formula is C12H16FNO2. The zero-order valence-electron chi connectivity index (χ0n) is 9.10. The van der Waals surface area contributed by atoms with E-state index in [4.69, 9.17) is 4.74 Å². The number of ether oxygens (including phenoxy) is 1. The van der Waals surface area contributed by atoms with Crippen LogP contribution in [0.2, 0.25) is 0 Å². The highest BCUT2D eigenvalue weighted by atomic mass is 19.1. The van der Waals surface area contributed by atoms with Crippen LogP contribution in [0, 0.1) is 5.82 Å². The quantitative estimate of drug-likeness (QED) is 0.857. The first-order valence-corrected chi connectivity index (χ1v) is 5.66. The summed E-state index contributed by atoms with van der Waals surface area (Å²) < 4.78 is 18.4. The highest BCUT2D eigenvalue weighted by Gasteiger charge is 2.19. The van der Waals surface area contributed by atoms with Gasteiger partial charge in [0.1, 0.15) is 5.82 Å². The minimum atomic E-state index is -0.689.